The van der Waals surface area contributed by atoms with Crippen LogP contribution in [0.2, 0.25) is 0 Å². The topological polar surface area (TPSA) is 63.8 Å². The minimum Gasteiger partial charge on any atom is -0.330 e. The molecule has 1 aromatic heterocycles. The third kappa shape index (κ3) is 2.06. The molecule has 1 heterocycles. The van der Waals surface area contributed by atoms with E-state index < -0.39 is 0 Å². The molecule has 0 aliphatic carbocycles. The fraction of sp³-hybridized carbons (Fsp3) is 0.250. The molecule has 0 aliphatic heterocycles. The van der Waals surface area contributed by atoms with E-state index in [0.29, 0.717) is 6.54 Å². The highest BCUT2D eigenvalue weighted by Gasteiger charge is 2.02. The molecule has 2 rings (SSSR count). The van der Waals surface area contributed by atoms with Gasteiger partial charge in [-0.1, -0.05) is 12.1 Å². The first-order valence-electron chi connectivity index (χ1n) is 5.29. The quantitative estimate of drug-likeness (QED) is 0.804. The molecule has 4 nitrogen and oxygen atoms in total. The van der Waals surface area contributed by atoms with Gasteiger partial charge in [-0.2, -0.15) is 0 Å². The van der Waals surface area contributed by atoms with E-state index in [-0.39, 0.29) is 5.56 Å². The monoisotopic (exact) mass is 217 g/mol. The Balaban J connectivity index is 2.44. The third-order valence-corrected chi connectivity index (χ3v) is 2.45. The van der Waals surface area contributed by atoms with Gasteiger partial charge in [0, 0.05) is 11.8 Å². The van der Waals surface area contributed by atoms with Crippen molar-refractivity contribution >= 4 is 0 Å². The van der Waals surface area contributed by atoms with Crippen molar-refractivity contribution in [3.8, 4) is 5.69 Å². The van der Waals surface area contributed by atoms with E-state index >= 15 is 0 Å². The number of hydrogen-bond acceptors (Lipinski definition) is 2. The van der Waals surface area contributed by atoms with E-state index in [9.17, 15) is 4.79 Å². The molecule has 1 aromatic carbocycles. The molecule has 0 fully saturated rings. The number of aryl methyl sites for hydroxylation is 1. The van der Waals surface area contributed by atoms with Gasteiger partial charge < -0.3 is 5.73 Å². The van der Waals surface area contributed by atoms with Gasteiger partial charge in [-0.05, 0) is 37.6 Å². The van der Waals surface area contributed by atoms with Crippen LogP contribution in [0, 0.1) is 6.92 Å². The van der Waals surface area contributed by atoms with Gasteiger partial charge in [0.05, 0.1) is 5.69 Å². The zero-order chi connectivity index (χ0) is 11.5. The SMILES string of the molecule is Cc1cc(=O)n(-c2cccc(CCN)c2)[nH]1. The molecule has 16 heavy (non-hydrogen) atoms. The molecule has 3 N–H and O–H groups in total. The molecule has 0 radical (unpaired) electrons. The maximum Gasteiger partial charge on any atom is 0.271 e. The standard InChI is InChI=1S/C12H15N3O/c1-9-7-12(16)15(14-9)11-4-2-3-10(8-11)5-6-13/h2-4,7-8,14H,5-6,13H2,1H3. The molecule has 0 spiro atoms. The van der Waals surface area contributed by atoms with Crippen LogP contribution in [0.25, 0.3) is 5.69 Å². The maximum absolute atomic E-state index is 11.6. The van der Waals surface area contributed by atoms with Crippen LogP contribution >= 0.6 is 0 Å². The molecule has 0 bridgehead atoms. The lowest BCUT2D eigenvalue weighted by Crippen LogP contribution is -2.13. The normalized spacial score (nSPS) is 10.6. The number of H-pyrrole nitrogens is 1. The molecule has 84 valence electrons. The zero-order valence-electron chi connectivity index (χ0n) is 9.23. The summed E-state index contributed by atoms with van der Waals surface area (Å²) in [6.07, 6.45) is 0.822. The van der Waals surface area contributed by atoms with Crippen molar-refractivity contribution in [2.45, 2.75) is 13.3 Å². The summed E-state index contributed by atoms with van der Waals surface area (Å²) in [6.45, 7) is 2.48. The summed E-state index contributed by atoms with van der Waals surface area (Å²) in [5, 5.41) is 3.00. The number of benzene rings is 1. The van der Waals surface area contributed by atoms with Gasteiger partial charge in [-0.15, -0.1) is 0 Å². The Bertz CT molecular complexity index is 539. The van der Waals surface area contributed by atoms with Crippen LogP contribution in [0.3, 0.4) is 0 Å². The summed E-state index contributed by atoms with van der Waals surface area (Å²) < 4.78 is 1.54. The zero-order valence-corrected chi connectivity index (χ0v) is 9.23. The first kappa shape index (κ1) is 10.7. The number of aromatic amines is 1. The van der Waals surface area contributed by atoms with Crippen LogP contribution in [0.5, 0.6) is 0 Å². The summed E-state index contributed by atoms with van der Waals surface area (Å²) in [7, 11) is 0. The molecule has 0 unspecified atom stereocenters. The average molecular weight is 217 g/mol. The Morgan fingerprint density at radius 2 is 2.19 bits per heavy atom. The number of hydrogen-bond donors (Lipinski definition) is 2. The lowest BCUT2D eigenvalue weighted by molar-refractivity contribution is 0.831. The van der Waals surface area contributed by atoms with E-state index in [4.69, 9.17) is 5.73 Å². The van der Waals surface area contributed by atoms with Gasteiger partial charge in [0.15, 0.2) is 0 Å². The Hall–Kier alpha value is -1.81. The Morgan fingerprint density at radius 3 is 2.81 bits per heavy atom. The van der Waals surface area contributed by atoms with Crippen LogP contribution in [-0.4, -0.2) is 16.3 Å². The maximum atomic E-state index is 11.6. The predicted octanol–water partition coefficient (Wildman–Crippen LogP) is 0.975. The highest BCUT2D eigenvalue weighted by atomic mass is 16.1. The summed E-state index contributed by atoms with van der Waals surface area (Å²) >= 11 is 0. The van der Waals surface area contributed by atoms with Crippen molar-refractivity contribution < 1.29 is 0 Å². The van der Waals surface area contributed by atoms with E-state index in [0.717, 1.165) is 23.4 Å². The first-order chi connectivity index (χ1) is 7.70. The highest BCUT2D eigenvalue weighted by molar-refractivity contribution is 5.35. The van der Waals surface area contributed by atoms with E-state index in [1.54, 1.807) is 6.07 Å². The number of nitrogens with one attached hydrogen (secondary N) is 1. The minimum atomic E-state index is -0.0394. The fourth-order valence-corrected chi connectivity index (χ4v) is 1.72. The number of nitrogens with zero attached hydrogens (tertiary/aromatic N) is 1. The second-order valence-electron chi connectivity index (χ2n) is 3.82. The number of aromatic nitrogens is 2. The van der Waals surface area contributed by atoms with Crippen molar-refractivity contribution in [3.05, 3.63) is 51.9 Å². The molecule has 0 saturated carbocycles. The van der Waals surface area contributed by atoms with Gasteiger partial charge in [0.25, 0.3) is 5.56 Å². The van der Waals surface area contributed by atoms with Crippen LogP contribution in [0.4, 0.5) is 0 Å². The lowest BCUT2D eigenvalue weighted by atomic mass is 10.1. The Labute approximate surface area is 93.7 Å². The van der Waals surface area contributed by atoms with Gasteiger partial charge in [-0.25, -0.2) is 4.68 Å². The van der Waals surface area contributed by atoms with Crippen molar-refractivity contribution in [1.29, 1.82) is 0 Å². The molecule has 0 atom stereocenters. The molecular formula is C12H15N3O. The Morgan fingerprint density at radius 1 is 1.38 bits per heavy atom. The van der Waals surface area contributed by atoms with Gasteiger partial charge in [0.1, 0.15) is 0 Å². The van der Waals surface area contributed by atoms with Gasteiger partial charge >= 0.3 is 0 Å². The highest BCUT2D eigenvalue weighted by Crippen LogP contribution is 2.08. The Kier molecular flexibility index (Phi) is 2.92. The van der Waals surface area contributed by atoms with E-state index in [1.165, 1.54) is 4.68 Å². The van der Waals surface area contributed by atoms with Crippen LogP contribution < -0.4 is 11.3 Å². The molecule has 2 aromatic rings. The first-order valence-corrected chi connectivity index (χ1v) is 5.29. The van der Waals surface area contributed by atoms with E-state index in [2.05, 4.69) is 5.10 Å². The molecule has 4 heteroatoms. The summed E-state index contributed by atoms with van der Waals surface area (Å²) in [6, 6.07) is 9.40. The summed E-state index contributed by atoms with van der Waals surface area (Å²) in [5.41, 5.74) is 8.31. The van der Waals surface area contributed by atoms with Crippen molar-refractivity contribution in [1.82, 2.24) is 9.78 Å². The van der Waals surface area contributed by atoms with Crippen molar-refractivity contribution in [2.75, 3.05) is 6.54 Å². The average Bonchev–Trinajstić information content (AvgIpc) is 2.59. The number of rotatable bonds is 3. The van der Waals surface area contributed by atoms with Gasteiger partial charge in [-0.3, -0.25) is 9.89 Å². The second kappa shape index (κ2) is 4.37. The smallest absolute Gasteiger partial charge is 0.271 e. The van der Waals surface area contributed by atoms with E-state index in [1.807, 2.05) is 31.2 Å². The molecule has 0 saturated heterocycles. The minimum absolute atomic E-state index is 0.0394. The number of nitrogens with two attached hydrogens (primary N) is 1. The van der Waals surface area contributed by atoms with Gasteiger partial charge in [0.2, 0.25) is 0 Å². The molecular weight excluding hydrogens is 202 g/mol. The van der Waals surface area contributed by atoms with Crippen molar-refractivity contribution in [3.63, 3.8) is 0 Å². The van der Waals surface area contributed by atoms with Crippen LogP contribution in [-0.2, 0) is 6.42 Å². The largest absolute Gasteiger partial charge is 0.330 e. The van der Waals surface area contributed by atoms with Crippen LogP contribution in [0.15, 0.2) is 35.1 Å². The summed E-state index contributed by atoms with van der Waals surface area (Å²) in [4.78, 5) is 11.6. The third-order valence-electron chi connectivity index (χ3n) is 2.45. The molecule has 0 aliphatic rings. The second-order valence-corrected chi connectivity index (χ2v) is 3.82. The summed E-state index contributed by atoms with van der Waals surface area (Å²) in [5.74, 6) is 0. The molecule has 0 amide bonds. The van der Waals surface area contributed by atoms with Crippen LogP contribution in [0.1, 0.15) is 11.3 Å². The fourth-order valence-electron chi connectivity index (χ4n) is 1.72. The lowest BCUT2D eigenvalue weighted by Gasteiger charge is -2.04. The van der Waals surface area contributed by atoms with Crippen molar-refractivity contribution in [2.24, 2.45) is 5.73 Å². The predicted molar refractivity (Wildman–Crippen MR) is 63.9 cm³/mol.